The highest BCUT2D eigenvalue weighted by molar-refractivity contribution is 7.80. The van der Waals surface area contributed by atoms with Gasteiger partial charge in [0.15, 0.2) is 16.7 Å². The number of hydrogen-bond acceptors (Lipinski definition) is 1. The quantitative estimate of drug-likeness (QED) is 0.627. The zero-order chi connectivity index (χ0) is 12.7. The third-order valence-corrected chi connectivity index (χ3v) is 2.54. The first-order valence-electron chi connectivity index (χ1n) is 5.59. The van der Waals surface area contributed by atoms with E-state index < -0.39 is 11.6 Å². The minimum Gasteiger partial charge on any atom is -0.363 e. The molecule has 0 spiro atoms. The van der Waals surface area contributed by atoms with Gasteiger partial charge < -0.3 is 10.6 Å². The Morgan fingerprint density at radius 1 is 1.24 bits per heavy atom. The molecule has 0 saturated carbocycles. The molecule has 0 aliphatic heterocycles. The number of rotatable bonds is 5. The van der Waals surface area contributed by atoms with Crippen molar-refractivity contribution in [3.8, 4) is 0 Å². The fraction of sp³-hybridized carbons (Fsp3) is 0.417. The summed E-state index contributed by atoms with van der Waals surface area (Å²) in [6, 6.07) is 3.80. The Morgan fingerprint density at radius 3 is 2.65 bits per heavy atom. The number of hydrogen-bond donors (Lipinski definition) is 2. The van der Waals surface area contributed by atoms with E-state index in [2.05, 4.69) is 17.6 Å². The van der Waals surface area contributed by atoms with E-state index in [0.29, 0.717) is 17.2 Å². The molecule has 0 aliphatic carbocycles. The molecule has 1 aromatic rings. The maximum Gasteiger partial charge on any atom is 0.166 e. The predicted molar refractivity (Wildman–Crippen MR) is 68.7 cm³/mol. The Bertz CT molecular complexity index is 383. The van der Waals surface area contributed by atoms with Crippen LogP contribution in [0, 0.1) is 11.6 Å². The Labute approximate surface area is 105 Å². The van der Waals surface area contributed by atoms with Crippen LogP contribution >= 0.6 is 12.2 Å². The lowest BCUT2D eigenvalue weighted by atomic mass is 10.2. The summed E-state index contributed by atoms with van der Waals surface area (Å²) in [5.41, 5.74) is 0.656. The van der Waals surface area contributed by atoms with E-state index in [1.807, 2.05) is 0 Å². The van der Waals surface area contributed by atoms with Gasteiger partial charge in [-0.3, -0.25) is 0 Å². The summed E-state index contributed by atoms with van der Waals surface area (Å²) in [7, 11) is 0. The Balaban J connectivity index is 2.34. The molecule has 17 heavy (non-hydrogen) atoms. The second kappa shape index (κ2) is 7.17. The van der Waals surface area contributed by atoms with E-state index >= 15 is 0 Å². The minimum absolute atomic E-state index is 0.384. The zero-order valence-corrected chi connectivity index (χ0v) is 10.5. The van der Waals surface area contributed by atoms with Gasteiger partial charge in [-0.25, -0.2) is 8.78 Å². The monoisotopic (exact) mass is 258 g/mol. The van der Waals surface area contributed by atoms with Crippen LogP contribution in [0.3, 0.4) is 0 Å². The van der Waals surface area contributed by atoms with Crippen molar-refractivity contribution in [3.63, 3.8) is 0 Å². The molecule has 0 saturated heterocycles. The second-order valence-corrected chi connectivity index (χ2v) is 4.12. The molecule has 2 nitrogen and oxygen atoms in total. The molecular weight excluding hydrogens is 242 g/mol. The van der Waals surface area contributed by atoms with Gasteiger partial charge in [-0.1, -0.05) is 19.4 Å². The van der Waals surface area contributed by atoms with Crippen molar-refractivity contribution in [2.24, 2.45) is 0 Å². The lowest BCUT2D eigenvalue weighted by Gasteiger charge is -2.10. The average molecular weight is 258 g/mol. The topological polar surface area (TPSA) is 24.1 Å². The standard InChI is InChI=1S/C12H16F2N2S/c1-2-3-6-15-12(17)16-8-9-4-5-10(13)11(14)7-9/h4-5,7H,2-3,6,8H2,1H3,(H2,15,16,17). The van der Waals surface area contributed by atoms with Crippen LogP contribution in [0.4, 0.5) is 8.78 Å². The highest BCUT2D eigenvalue weighted by Gasteiger charge is 2.02. The third kappa shape index (κ3) is 5.08. The number of unbranched alkanes of at least 4 members (excludes halogenated alkanes) is 1. The molecule has 0 radical (unpaired) electrons. The predicted octanol–water partition coefficient (Wildman–Crippen LogP) is 2.73. The lowest BCUT2D eigenvalue weighted by Crippen LogP contribution is -2.35. The SMILES string of the molecule is CCCCNC(=S)NCc1ccc(F)c(F)c1. The molecule has 94 valence electrons. The van der Waals surface area contributed by atoms with E-state index in [1.54, 1.807) is 0 Å². The van der Waals surface area contributed by atoms with Gasteiger partial charge in [0.2, 0.25) is 0 Å². The second-order valence-electron chi connectivity index (χ2n) is 3.71. The van der Waals surface area contributed by atoms with E-state index in [1.165, 1.54) is 6.07 Å². The molecule has 0 unspecified atom stereocenters. The molecule has 0 fully saturated rings. The van der Waals surface area contributed by atoms with E-state index in [0.717, 1.165) is 31.5 Å². The Hall–Kier alpha value is -1.23. The van der Waals surface area contributed by atoms with Crippen LogP contribution in [-0.2, 0) is 6.54 Å². The lowest BCUT2D eigenvalue weighted by molar-refractivity contribution is 0.507. The van der Waals surface area contributed by atoms with Crippen molar-refractivity contribution < 1.29 is 8.78 Å². The molecular formula is C12H16F2N2S. The van der Waals surface area contributed by atoms with Gasteiger partial charge in [0.25, 0.3) is 0 Å². The average Bonchev–Trinajstić information content (AvgIpc) is 2.31. The van der Waals surface area contributed by atoms with Gasteiger partial charge in [0.1, 0.15) is 0 Å². The van der Waals surface area contributed by atoms with Gasteiger partial charge >= 0.3 is 0 Å². The summed E-state index contributed by atoms with van der Waals surface area (Å²) in [6.45, 7) is 3.30. The van der Waals surface area contributed by atoms with E-state index in [-0.39, 0.29) is 0 Å². The number of thiocarbonyl (C=S) groups is 1. The fourth-order valence-electron chi connectivity index (χ4n) is 1.27. The number of halogens is 2. The third-order valence-electron chi connectivity index (χ3n) is 2.25. The Morgan fingerprint density at radius 2 is 2.00 bits per heavy atom. The van der Waals surface area contributed by atoms with Gasteiger partial charge in [0, 0.05) is 13.1 Å². The van der Waals surface area contributed by atoms with Crippen molar-refractivity contribution >= 4 is 17.3 Å². The van der Waals surface area contributed by atoms with Crippen LogP contribution in [0.25, 0.3) is 0 Å². The van der Waals surface area contributed by atoms with Crippen LogP contribution in [0.5, 0.6) is 0 Å². The van der Waals surface area contributed by atoms with E-state index in [9.17, 15) is 8.78 Å². The normalized spacial score (nSPS) is 10.1. The molecule has 2 N–H and O–H groups in total. The van der Waals surface area contributed by atoms with Gasteiger partial charge in [-0.2, -0.15) is 0 Å². The highest BCUT2D eigenvalue weighted by atomic mass is 32.1. The maximum atomic E-state index is 12.9. The van der Waals surface area contributed by atoms with Gasteiger partial charge in [-0.15, -0.1) is 0 Å². The molecule has 0 atom stereocenters. The highest BCUT2D eigenvalue weighted by Crippen LogP contribution is 2.08. The summed E-state index contributed by atoms with van der Waals surface area (Å²) < 4.78 is 25.6. The molecule has 1 rings (SSSR count). The van der Waals surface area contributed by atoms with Crippen LogP contribution in [0.1, 0.15) is 25.3 Å². The van der Waals surface area contributed by atoms with Gasteiger partial charge in [0.05, 0.1) is 0 Å². The molecule has 0 bridgehead atoms. The molecule has 0 heterocycles. The van der Waals surface area contributed by atoms with Crippen LogP contribution < -0.4 is 10.6 Å². The fourth-order valence-corrected chi connectivity index (χ4v) is 1.45. The summed E-state index contributed by atoms with van der Waals surface area (Å²) >= 11 is 5.04. The molecule has 0 amide bonds. The van der Waals surface area contributed by atoms with Crippen molar-refractivity contribution in [2.45, 2.75) is 26.3 Å². The van der Waals surface area contributed by atoms with Crippen LogP contribution in [0.15, 0.2) is 18.2 Å². The molecule has 1 aromatic carbocycles. The summed E-state index contributed by atoms with van der Waals surface area (Å²) in [5, 5.41) is 6.50. The first kappa shape index (κ1) is 13.8. The minimum atomic E-state index is -0.839. The molecule has 0 aliphatic rings. The largest absolute Gasteiger partial charge is 0.363 e. The smallest absolute Gasteiger partial charge is 0.166 e. The zero-order valence-electron chi connectivity index (χ0n) is 9.72. The first-order chi connectivity index (χ1) is 8.13. The summed E-state index contributed by atoms with van der Waals surface area (Å²) in [4.78, 5) is 0. The van der Waals surface area contributed by atoms with Crippen LogP contribution in [0.2, 0.25) is 0 Å². The van der Waals surface area contributed by atoms with Crippen molar-refractivity contribution in [1.82, 2.24) is 10.6 Å². The van der Waals surface area contributed by atoms with Gasteiger partial charge in [-0.05, 0) is 36.3 Å². The van der Waals surface area contributed by atoms with E-state index in [4.69, 9.17) is 12.2 Å². The number of nitrogens with one attached hydrogen (secondary N) is 2. The van der Waals surface area contributed by atoms with Crippen molar-refractivity contribution in [3.05, 3.63) is 35.4 Å². The first-order valence-corrected chi connectivity index (χ1v) is 6.00. The Kier molecular flexibility index (Phi) is 5.83. The number of benzene rings is 1. The maximum absolute atomic E-state index is 12.9. The molecule has 0 aromatic heterocycles. The summed E-state index contributed by atoms with van der Waals surface area (Å²) in [5.74, 6) is -1.67. The van der Waals surface area contributed by atoms with Crippen LogP contribution in [-0.4, -0.2) is 11.7 Å². The van der Waals surface area contributed by atoms with Crippen molar-refractivity contribution in [1.29, 1.82) is 0 Å². The summed E-state index contributed by atoms with van der Waals surface area (Å²) in [6.07, 6.45) is 2.14. The van der Waals surface area contributed by atoms with Crippen molar-refractivity contribution in [2.75, 3.05) is 6.54 Å². The molecule has 5 heteroatoms.